The third kappa shape index (κ3) is 3.81. The minimum Gasteiger partial charge on any atom is -0.493 e. The molecular formula is C15H18F2N4O. The average molecular weight is 308 g/mol. The Kier molecular flexibility index (Phi) is 5.08. The van der Waals surface area contributed by atoms with Crippen LogP contribution in [0.15, 0.2) is 23.4 Å². The molecule has 0 aliphatic rings. The van der Waals surface area contributed by atoms with Crippen molar-refractivity contribution in [2.75, 3.05) is 12.3 Å². The van der Waals surface area contributed by atoms with Crippen LogP contribution in [0.1, 0.15) is 31.0 Å². The lowest BCUT2D eigenvalue weighted by atomic mass is 10.2. The van der Waals surface area contributed by atoms with Gasteiger partial charge >= 0.3 is 0 Å². The number of nitrogens with zero attached hydrogens (tertiary/aromatic N) is 3. The fraction of sp³-hybridized carbons (Fsp3) is 0.333. The molecule has 7 heteroatoms. The Morgan fingerprint density at radius 3 is 2.59 bits per heavy atom. The molecule has 0 fully saturated rings. The number of aryl methyl sites for hydroxylation is 1. The van der Waals surface area contributed by atoms with Crippen molar-refractivity contribution in [3.8, 4) is 5.75 Å². The summed E-state index contributed by atoms with van der Waals surface area (Å²) >= 11 is 0. The number of nitrogen functional groups attached to an aromatic ring is 1. The maximum atomic E-state index is 14.0. The molecule has 0 amide bonds. The molecule has 1 aromatic carbocycles. The van der Waals surface area contributed by atoms with Crippen molar-refractivity contribution in [3.05, 3.63) is 41.2 Å². The molecule has 0 unspecified atom stereocenters. The van der Waals surface area contributed by atoms with Crippen LogP contribution in [0.4, 0.5) is 14.7 Å². The maximum absolute atomic E-state index is 14.0. The van der Waals surface area contributed by atoms with Gasteiger partial charge < -0.3 is 10.5 Å². The van der Waals surface area contributed by atoms with Crippen molar-refractivity contribution >= 4 is 12.2 Å². The number of nitrogens with two attached hydrogens (primary N) is 1. The Bertz CT molecular complexity index is 659. The van der Waals surface area contributed by atoms with E-state index in [0.29, 0.717) is 12.3 Å². The van der Waals surface area contributed by atoms with Crippen molar-refractivity contribution in [3.63, 3.8) is 0 Å². The molecule has 0 radical (unpaired) electrons. The van der Waals surface area contributed by atoms with Gasteiger partial charge in [0, 0.05) is 12.1 Å². The molecule has 118 valence electrons. The maximum Gasteiger partial charge on any atom is 0.221 e. The van der Waals surface area contributed by atoms with E-state index in [9.17, 15) is 8.78 Å². The van der Waals surface area contributed by atoms with E-state index in [0.717, 1.165) is 31.2 Å². The van der Waals surface area contributed by atoms with E-state index >= 15 is 0 Å². The second kappa shape index (κ2) is 7.02. The predicted molar refractivity (Wildman–Crippen MR) is 81.1 cm³/mol. The van der Waals surface area contributed by atoms with Gasteiger partial charge in [-0.15, -0.1) is 0 Å². The summed E-state index contributed by atoms with van der Waals surface area (Å²) in [5, 5.41) is 3.91. The highest BCUT2D eigenvalue weighted by atomic mass is 19.1. The second-order valence-corrected chi connectivity index (χ2v) is 4.83. The van der Waals surface area contributed by atoms with Crippen LogP contribution < -0.4 is 10.5 Å². The van der Waals surface area contributed by atoms with Crippen molar-refractivity contribution < 1.29 is 13.5 Å². The molecule has 2 rings (SSSR count). The zero-order valence-electron chi connectivity index (χ0n) is 12.5. The van der Waals surface area contributed by atoms with Crippen LogP contribution in [-0.2, 0) is 0 Å². The van der Waals surface area contributed by atoms with Crippen LogP contribution in [0, 0.1) is 18.6 Å². The minimum atomic E-state index is -0.745. The van der Waals surface area contributed by atoms with Crippen molar-refractivity contribution in [2.24, 2.45) is 5.10 Å². The van der Waals surface area contributed by atoms with Gasteiger partial charge in [0.25, 0.3) is 0 Å². The smallest absolute Gasteiger partial charge is 0.221 e. The monoisotopic (exact) mass is 308 g/mol. The summed E-state index contributed by atoms with van der Waals surface area (Å²) in [4.78, 5) is 3.94. The van der Waals surface area contributed by atoms with Crippen LogP contribution in [0.3, 0.4) is 0 Å². The normalized spacial score (nSPS) is 11.3. The van der Waals surface area contributed by atoms with E-state index in [-0.39, 0.29) is 17.3 Å². The zero-order chi connectivity index (χ0) is 16.1. The van der Waals surface area contributed by atoms with Crippen LogP contribution in [0.25, 0.3) is 0 Å². The third-order valence-corrected chi connectivity index (χ3v) is 2.97. The largest absolute Gasteiger partial charge is 0.493 e. The lowest BCUT2D eigenvalue weighted by molar-refractivity contribution is 0.306. The van der Waals surface area contributed by atoms with Crippen LogP contribution in [-0.4, -0.2) is 22.5 Å². The fourth-order valence-electron chi connectivity index (χ4n) is 1.82. The second-order valence-electron chi connectivity index (χ2n) is 4.83. The molecule has 0 bridgehead atoms. The molecule has 22 heavy (non-hydrogen) atoms. The first-order valence-corrected chi connectivity index (χ1v) is 6.99. The predicted octanol–water partition coefficient (Wildman–Crippen LogP) is 3.11. The first-order valence-electron chi connectivity index (χ1n) is 6.99. The number of imidazole rings is 1. The number of hydrogen-bond acceptors (Lipinski definition) is 4. The lowest BCUT2D eigenvalue weighted by Crippen LogP contribution is -2.02. The molecule has 0 saturated heterocycles. The Labute approximate surface area is 127 Å². The fourth-order valence-corrected chi connectivity index (χ4v) is 1.82. The number of ether oxygens (including phenoxy) is 1. The first-order chi connectivity index (χ1) is 10.5. The van der Waals surface area contributed by atoms with Crippen molar-refractivity contribution in [2.45, 2.75) is 26.7 Å². The summed E-state index contributed by atoms with van der Waals surface area (Å²) in [7, 11) is 0. The molecule has 0 aliphatic heterocycles. The molecule has 2 N–H and O–H groups in total. The Morgan fingerprint density at radius 2 is 2.05 bits per heavy atom. The Morgan fingerprint density at radius 1 is 1.36 bits per heavy atom. The SMILES string of the molecule is CCCCOc1cc(F)c(C=Nn2cc(C)nc2N)c(F)c1. The Hall–Kier alpha value is -2.44. The number of unbranched alkanes of at least 4 members (excludes halogenated alkanes) is 1. The Balaban J connectivity index is 2.19. The standard InChI is InChI=1S/C15H18F2N4O/c1-3-4-5-22-11-6-13(16)12(14(17)7-11)8-19-21-9-10(2)20-15(21)18/h6-9H,3-5H2,1-2H3,(H2,18,20). The molecule has 1 heterocycles. The molecule has 2 aromatic rings. The minimum absolute atomic E-state index is 0.147. The van der Waals surface area contributed by atoms with Crippen LogP contribution >= 0.6 is 0 Å². The number of benzene rings is 1. The highest BCUT2D eigenvalue weighted by Gasteiger charge is 2.10. The summed E-state index contributed by atoms with van der Waals surface area (Å²) in [5.74, 6) is -1.18. The highest BCUT2D eigenvalue weighted by Crippen LogP contribution is 2.20. The van der Waals surface area contributed by atoms with E-state index in [1.165, 1.54) is 4.68 Å². The van der Waals surface area contributed by atoms with Gasteiger partial charge in [0.1, 0.15) is 17.4 Å². The van der Waals surface area contributed by atoms with Gasteiger partial charge in [-0.3, -0.25) is 0 Å². The molecule has 0 saturated carbocycles. The quantitative estimate of drug-likeness (QED) is 0.658. The topological polar surface area (TPSA) is 65.4 Å². The van der Waals surface area contributed by atoms with E-state index in [1.54, 1.807) is 13.1 Å². The van der Waals surface area contributed by atoms with Crippen molar-refractivity contribution in [1.82, 2.24) is 9.66 Å². The summed E-state index contributed by atoms with van der Waals surface area (Å²) in [6, 6.07) is 2.28. The summed E-state index contributed by atoms with van der Waals surface area (Å²) in [5.41, 5.74) is 6.01. The van der Waals surface area contributed by atoms with Crippen LogP contribution in [0.5, 0.6) is 5.75 Å². The average Bonchev–Trinajstić information content (AvgIpc) is 2.76. The molecule has 5 nitrogen and oxygen atoms in total. The molecule has 0 atom stereocenters. The summed E-state index contributed by atoms with van der Waals surface area (Å²) in [6.45, 7) is 4.17. The van der Waals surface area contributed by atoms with Gasteiger partial charge in [0.05, 0.1) is 30.3 Å². The van der Waals surface area contributed by atoms with E-state index in [2.05, 4.69) is 10.1 Å². The van der Waals surface area contributed by atoms with Gasteiger partial charge in [-0.05, 0) is 13.3 Å². The van der Waals surface area contributed by atoms with Gasteiger partial charge in [-0.2, -0.15) is 5.10 Å². The zero-order valence-corrected chi connectivity index (χ0v) is 12.5. The number of hydrogen-bond donors (Lipinski definition) is 1. The summed E-state index contributed by atoms with van der Waals surface area (Å²) < 4.78 is 34.5. The third-order valence-electron chi connectivity index (χ3n) is 2.97. The number of aromatic nitrogens is 2. The highest BCUT2D eigenvalue weighted by molar-refractivity contribution is 5.80. The molecule has 0 aliphatic carbocycles. The van der Waals surface area contributed by atoms with E-state index in [4.69, 9.17) is 10.5 Å². The van der Waals surface area contributed by atoms with E-state index < -0.39 is 11.6 Å². The molecular weight excluding hydrogens is 290 g/mol. The number of anilines is 1. The first kappa shape index (κ1) is 15.9. The number of halogens is 2. The van der Waals surface area contributed by atoms with Crippen LogP contribution in [0.2, 0.25) is 0 Å². The van der Waals surface area contributed by atoms with Gasteiger partial charge in [-0.25, -0.2) is 18.4 Å². The van der Waals surface area contributed by atoms with Gasteiger partial charge in [0.2, 0.25) is 5.95 Å². The van der Waals surface area contributed by atoms with E-state index in [1.807, 2.05) is 6.92 Å². The lowest BCUT2D eigenvalue weighted by Gasteiger charge is -2.07. The van der Waals surface area contributed by atoms with Gasteiger partial charge in [-0.1, -0.05) is 13.3 Å². The number of rotatable bonds is 6. The summed E-state index contributed by atoms with van der Waals surface area (Å²) in [6.07, 6.45) is 4.40. The molecule has 1 aromatic heterocycles. The van der Waals surface area contributed by atoms with Crippen molar-refractivity contribution in [1.29, 1.82) is 0 Å². The molecule has 0 spiro atoms. The van der Waals surface area contributed by atoms with Gasteiger partial charge in [0.15, 0.2) is 0 Å².